The number of guanidine groups is 1. The zero-order valence-corrected chi connectivity index (χ0v) is 70.9. The Labute approximate surface area is 712 Å². The largest absolute Gasteiger partial charge is 0.508 e. The van der Waals surface area contributed by atoms with Crippen LogP contribution in [0.25, 0.3) is 0 Å². The van der Waals surface area contributed by atoms with Crippen molar-refractivity contribution in [3.63, 3.8) is 0 Å². The highest BCUT2D eigenvalue weighted by atomic mass is 32.2. The molecule has 0 aliphatic carbocycles. The Balaban J connectivity index is 1.58. The van der Waals surface area contributed by atoms with Crippen LogP contribution in [0.2, 0.25) is 0 Å². The van der Waals surface area contributed by atoms with Gasteiger partial charge in [0.05, 0.1) is 18.7 Å². The molecule has 1 aliphatic heterocycles. The number of phenolic OH excluding ortho intramolecular Hbond substituents is 1. The number of aromatic hydroxyl groups is 1. The number of nitrogens with one attached hydrogen (secondary N) is 14. The number of carbonyl (C=O) groups excluding carboxylic acids is 16. The number of amides is 16. The van der Waals surface area contributed by atoms with Gasteiger partial charge in [0.1, 0.15) is 78.3 Å². The molecule has 0 bridgehead atoms. The fraction of sp³-hybridized carbons (Fsp3) is 0.556. The Bertz CT molecular complexity index is 4070. The van der Waals surface area contributed by atoms with Gasteiger partial charge >= 0.3 is 5.97 Å². The number of aliphatic hydroxyl groups is 1. The number of hydrogen-bond acceptors (Lipinski definition) is 22. The molecular weight excluding hydrogens is 1610 g/mol. The summed E-state index contributed by atoms with van der Waals surface area (Å²) >= 11 is 1.29. The first-order valence-electron chi connectivity index (χ1n) is 40.5. The molecule has 3 aromatic carbocycles. The highest BCUT2D eigenvalue weighted by molar-refractivity contribution is 7.98. The van der Waals surface area contributed by atoms with Crippen molar-refractivity contribution in [2.45, 2.75) is 236 Å². The molecule has 122 heavy (non-hydrogen) atoms. The van der Waals surface area contributed by atoms with E-state index in [0.29, 0.717) is 24.0 Å². The van der Waals surface area contributed by atoms with Crippen LogP contribution in [0.3, 0.4) is 0 Å². The molecule has 15 atom stereocenters. The van der Waals surface area contributed by atoms with E-state index in [1.165, 1.54) is 40.9 Å². The number of primary amides is 3. The Kier molecular flexibility index (Phi) is 43.8. The highest BCUT2D eigenvalue weighted by Crippen LogP contribution is 2.23. The van der Waals surface area contributed by atoms with Gasteiger partial charge < -0.3 is 118 Å². The van der Waals surface area contributed by atoms with Crippen molar-refractivity contribution in [1.29, 1.82) is 5.41 Å². The highest BCUT2D eigenvalue weighted by Gasteiger charge is 2.43. The molecule has 3 aromatic rings. The number of likely N-dealkylation sites (tertiary alicyclic amines) is 1. The molecule has 1 heterocycles. The number of benzene rings is 3. The summed E-state index contributed by atoms with van der Waals surface area (Å²) in [5.74, 6) is -18.1. The first-order chi connectivity index (χ1) is 57.6. The second-order valence-electron chi connectivity index (χ2n) is 30.9. The van der Waals surface area contributed by atoms with E-state index in [9.17, 15) is 96.8 Å². The quantitative estimate of drug-likeness (QED) is 0.0146. The summed E-state index contributed by atoms with van der Waals surface area (Å²) in [5, 5.41) is 71.8. The molecule has 1 saturated heterocycles. The van der Waals surface area contributed by atoms with Gasteiger partial charge in [0.25, 0.3) is 0 Å². The maximum Gasteiger partial charge on any atom is 0.303 e. The number of aliphatic carboxylic acids is 1. The van der Waals surface area contributed by atoms with Crippen molar-refractivity contribution in [3.05, 3.63) is 102 Å². The van der Waals surface area contributed by atoms with Gasteiger partial charge in [0, 0.05) is 45.2 Å². The van der Waals surface area contributed by atoms with Gasteiger partial charge in [-0.05, 0) is 130 Å². The van der Waals surface area contributed by atoms with Gasteiger partial charge in [0.2, 0.25) is 94.5 Å². The lowest BCUT2D eigenvalue weighted by atomic mass is 9.96. The minimum Gasteiger partial charge on any atom is -0.508 e. The predicted octanol–water partition coefficient (Wildman–Crippen LogP) is -3.79. The number of nitrogens with two attached hydrogens (primary N) is 5. The lowest BCUT2D eigenvalue weighted by molar-refractivity contribution is -0.143. The summed E-state index contributed by atoms with van der Waals surface area (Å²) in [7, 11) is 0. The van der Waals surface area contributed by atoms with Crippen LogP contribution in [-0.4, -0.2) is 243 Å². The number of aliphatic hydroxyl groups excluding tert-OH is 1. The summed E-state index contributed by atoms with van der Waals surface area (Å²) in [6.45, 7) is 10.6. The van der Waals surface area contributed by atoms with E-state index < -0.39 is 241 Å². The van der Waals surface area contributed by atoms with Crippen molar-refractivity contribution in [3.8, 4) is 5.75 Å². The molecule has 4 rings (SSSR count). The molecule has 0 saturated carbocycles. The van der Waals surface area contributed by atoms with Crippen LogP contribution in [0.15, 0.2) is 84.9 Å². The third kappa shape index (κ3) is 36.1. The summed E-state index contributed by atoms with van der Waals surface area (Å²) in [6, 6.07) is 3.89. The molecule has 1 fully saturated rings. The van der Waals surface area contributed by atoms with Gasteiger partial charge in [-0.25, -0.2) is 0 Å². The average Bonchev–Trinajstić information content (AvgIpc) is 1.38. The fourth-order valence-electron chi connectivity index (χ4n) is 13.1. The van der Waals surface area contributed by atoms with Crippen molar-refractivity contribution >= 4 is 118 Å². The fourth-order valence-corrected chi connectivity index (χ4v) is 13.5. The van der Waals surface area contributed by atoms with Crippen LogP contribution in [0, 0.1) is 23.2 Å². The van der Waals surface area contributed by atoms with Crippen LogP contribution in [-0.2, 0) is 101 Å². The molecule has 16 amide bonds. The summed E-state index contributed by atoms with van der Waals surface area (Å²) < 4.78 is 0. The topological polar surface area (TPSA) is 664 Å². The van der Waals surface area contributed by atoms with Crippen LogP contribution >= 0.6 is 11.8 Å². The molecule has 0 aromatic heterocycles. The van der Waals surface area contributed by atoms with Gasteiger partial charge in [-0.1, -0.05) is 121 Å². The van der Waals surface area contributed by atoms with E-state index in [0.717, 1.165) is 12.5 Å². The summed E-state index contributed by atoms with van der Waals surface area (Å²) in [5.41, 5.74) is 29.6. The van der Waals surface area contributed by atoms with Crippen molar-refractivity contribution < 1.29 is 96.8 Å². The Hall–Kier alpha value is -12.0. The maximum absolute atomic E-state index is 14.8. The van der Waals surface area contributed by atoms with Crippen LogP contribution in [0.4, 0.5) is 0 Å². The molecule has 672 valence electrons. The predicted molar refractivity (Wildman–Crippen MR) is 450 cm³/mol. The van der Waals surface area contributed by atoms with Gasteiger partial charge in [-0.3, -0.25) is 86.9 Å². The first-order valence-corrected chi connectivity index (χ1v) is 41.9. The van der Waals surface area contributed by atoms with E-state index in [1.807, 2.05) is 30.3 Å². The second kappa shape index (κ2) is 52.2. The van der Waals surface area contributed by atoms with E-state index in [1.54, 1.807) is 78.1 Å². The molecule has 0 radical (unpaired) electrons. The first kappa shape index (κ1) is 102. The van der Waals surface area contributed by atoms with E-state index in [2.05, 4.69) is 69.1 Å². The number of carboxylic acids is 1. The van der Waals surface area contributed by atoms with Gasteiger partial charge in [-0.15, -0.1) is 0 Å². The van der Waals surface area contributed by atoms with Crippen molar-refractivity contribution in [2.75, 3.05) is 31.6 Å². The smallest absolute Gasteiger partial charge is 0.303 e. The number of nitrogens with zero attached hydrogens (tertiary/aromatic N) is 1. The normalized spacial score (nSPS) is 15.8. The number of carbonyl (C=O) groups is 17. The molecule has 41 heteroatoms. The molecule has 0 unspecified atom stereocenters. The van der Waals surface area contributed by atoms with Gasteiger partial charge in [-0.2, -0.15) is 11.8 Å². The van der Waals surface area contributed by atoms with E-state index >= 15 is 0 Å². The number of carboxylic acid groups (broad SMARTS) is 1. The van der Waals surface area contributed by atoms with Crippen molar-refractivity contribution in [1.82, 2.24) is 74.0 Å². The van der Waals surface area contributed by atoms with Crippen LogP contribution < -0.4 is 97.8 Å². The molecular formula is C81H122N20O20S. The van der Waals surface area contributed by atoms with E-state index in [-0.39, 0.29) is 88.8 Å². The molecule has 0 spiro atoms. The Morgan fingerprint density at radius 3 is 1.45 bits per heavy atom. The van der Waals surface area contributed by atoms with E-state index in [4.69, 9.17) is 34.1 Å². The summed E-state index contributed by atoms with van der Waals surface area (Å²) in [4.78, 5) is 235. The average molecular weight is 1730 g/mol. The lowest BCUT2D eigenvalue weighted by Crippen LogP contribution is -2.62. The standard InChI is InChI=1S/C81H122N20O20S/c1-9-45(6)66(99-77(118)60-23-17-36-101(60)80(121)65(44(4)5)98-69(110)51(82)39-47-18-12-10-13-19-47)78(119)97-59(40-48-20-14-11-15-21-48)76(117)100-67(46(7)102)79(120)96-58(41-49-24-26-50(103)27-25-49)70(111)89-42-63(106)90-54(30-33-64(107)108)72(113)95-57(38-43(2)3)75(116)93-55(29-32-62(84)105)73(114)92-53(22-16-35-88-81(86)87)71(112)94-56(34-37-122-8)74(115)91-52(68(85)109)28-31-61(83)104/h10-15,18-21,24-27,43-46,51-60,65-67,102-103H,9,16-17,22-23,28-42,82H2,1-8H3,(H2,83,104)(H2,84,105)(H2,85,109)(H,89,111)(H,90,106)(H,91,115)(H,92,114)(H,93,116)(H,94,112)(H,95,113)(H,96,120)(H,97,119)(H,98,110)(H,99,118)(H,100,117)(H,107,108)(H4,86,87,88)/t45-,46+,51-,52-,53-,54-,55-,56-,57-,58-,59-,60-,65-,66-,67-/m0/s1. The monoisotopic (exact) mass is 1730 g/mol. The van der Waals surface area contributed by atoms with Crippen LogP contribution in [0.1, 0.15) is 149 Å². The SMILES string of the molecule is CC[C@H](C)[C@H](NC(=O)[C@@H]1CCCN1C(=O)[C@@H](NC(=O)[C@@H](N)Cc1ccccc1)C(C)C)C(=O)N[C@@H](Cc1ccccc1)C(=O)N[C@H](C(=O)N[C@@H](Cc1ccc(O)cc1)C(=O)NCC(=O)N[C@@H](CCC(=O)O)C(=O)N[C@@H](CC(C)C)C(=O)N[C@@H](CCC(N)=O)C(=O)N[C@@H](CCCNC(=N)N)C(=O)N[C@@H](CCSC)C(=O)N[C@@H](CCC(N)=O)C(N)=O)[C@@H](C)O. The Morgan fingerprint density at radius 1 is 0.500 bits per heavy atom. The van der Waals surface area contributed by atoms with Crippen molar-refractivity contribution in [2.24, 2.45) is 46.4 Å². The zero-order valence-electron chi connectivity index (χ0n) is 70.1. The lowest BCUT2D eigenvalue weighted by Gasteiger charge is -2.33. The van der Waals surface area contributed by atoms with Crippen LogP contribution in [0.5, 0.6) is 5.75 Å². The van der Waals surface area contributed by atoms with Gasteiger partial charge in [0.15, 0.2) is 5.96 Å². The molecule has 27 N–H and O–H groups in total. The molecule has 1 aliphatic rings. The number of rotatable bonds is 54. The summed E-state index contributed by atoms with van der Waals surface area (Å²) in [6.07, 6.45) is -2.86. The third-order valence-electron chi connectivity index (χ3n) is 20.1. The third-order valence-corrected chi connectivity index (χ3v) is 20.7. The number of thioether (sulfide) groups is 1. The minimum atomic E-state index is -1.89. The number of phenols is 1. The maximum atomic E-state index is 14.8. The molecule has 40 nitrogen and oxygen atoms in total. The Morgan fingerprint density at radius 2 is 0.951 bits per heavy atom. The number of hydrogen-bond donors (Lipinski definition) is 22. The second-order valence-corrected chi connectivity index (χ2v) is 31.9. The zero-order chi connectivity index (χ0) is 91.0. The minimum absolute atomic E-state index is 0.00208.